The van der Waals surface area contributed by atoms with E-state index in [-0.39, 0.29) is 31.1 Å². The molecule has 7 rings (SSSR count). The summed E-state index contributed by atoms with van der Waals surface area (Å²) in [6, 6.07) is 20.6. The molecule has 3 aromatic carbocycles. The summed E-state index contributed by atoms with van der Waals surface area (Å²) in [6.45, 7) is 0.485. The number of carbonyl (C=O) groups excluding carboxylic acids is 2. The summed E-state index contributed by atoms with van der Waals surface area (Å²) in [5.41, 5.74) is 4.56. The van der Waals surface area contributed by atoms with Crippen LogP contribution in [0.15, 0.2) is 85.5 Å². The third-order valence-corrected chi connectivity index (χ3v) is 8.71. The van der Waals surface area contributed by atoms with Crippen molar-refractivity contribution in [2.24, 2.45) is 7.05 Å². The van der Waals surface area contributed by atoms with Gasteiger partial charge in [0.15, 0.2) is 0 Å². The Morgan fingerprint density at radius 3 is 2.51 bits per heavy atom. The van der Waals surface area contributed by atoms with Crippen LogP contribution in [0.2, 0.25) is 0 Å². The molecular weight excluding hydrogens is 594 g/mol. The van der Waals surface area contributed by atoms with Gasteiger partial charge in [0.25, 0.3) is 5.91 Å². The zero-order valence-electron chi connectivity index (χ0n) is 26.3. The Bertz CT molecular complexity index is 2020. The van der Waals surface area contributed by atoms with Gasteiger partial charge in [-0.3, -0.25) is 4.79 Å². The van der Waals surface area contributed by atoms with Crippen molar-refractivity contribution < 1.29 is 19.1 Å². The molecule has 1 saturated carbocycles. The maximum Gasteiger partial charge on any atom is 0.342 e. The summed E-state index contributed by atoms with van der Waals surface area (Å²) in [5, 5.41) is 2.93. The van der Waals surface area contributed by atoms with Crippen LogP contribution in [0.25, 0.3) is 22.1 Å². The second-order valence-electron chi connectivity index (χ2n) is 11.8. The van der Waals surface area contributed by atoms with Crippen molar-refractivity contribution in [1.82, 2.24) is 34.2 Å². The van der Waals surface area contributed by atoms with Crippen molar-refractivity contribution in [2.75, 3.05) is 13.2 Å². The number of amides is 1. The first kappa shape index (κ1) is 30.2. The number of aromatic nitrogens is 6. The van der Waals surface area contributed by atoms with Crippen molar-refractivity contribution in [3.8, 4) is 5.75 Å². The number of nitrogens with one attached hydrogen (secondary N) is 1. The number of esters is 1. The van der Waals surface area contributed by atoms with Crippen molar-refractivity contribution >= 4 is 33.9 Å². The number of aryl methyl sites for hydroxylation is 3. The van der Waals surface area contributed by atoms with Crippen LogP contribution in [-0.4, -0.2) is 60.0 Å². The van der Waals surface area contributed by atoms with Crippen LogP contribution < -0.4 is 10.1 Å². The summed E-state index contributed by atoms with van der Waals surface area (Å²) < 4.78 is 17.7. The Morgan fingerprint density at radius 1 is 0.894 bits per heavy atom. The molecule has 0 spiro atoms. The lowest BCUT2D eigenvalue weighted by Gasteiger charge is -2.22. The highest BCUT2D eigenvalue weighted by Crippen LogP contribution is 2.25. The Kier molecular flexibility index (Phi) is 8.68. The van der Waals surface area contributed by atoms with E-state index in [1.54, 1.807) is 36.8 Å². The Balaban J connectivity index is 0.975. The van der Waals surface area contributed by atoms with Gasteiger partial charge >= 0.3 is 5.97 Å². The van der Waals surface area contributed by atoms with Crippen LogP contribution in [0.4, 0.5) is 0 Å². The number of hydrogen-bond acceptors (Lipinski definition) is 7. The molecule has 1 N–H and O–H groups in total. The molecule has 11 nitrogen and oxygen atoms in total. The van der Waals surface area contributed by atoms with Gasteiger partial charge < -0.3 is 19.4 Å². The van der Waals surface area contributed by atoms with Gasteiger partial charge in [-0.25, -0.2) is 29.1 Å². The molecule has 1 aliphatic rings. The summed E-state index contributed by atoms with van der Waals surface area (Å²) in [7, 11) is 1.97. The maximum atomic E-state index is 13.1. The normalized spacial score (nSPS) is 13.6. The van der Waals surface area contributed by atoms with Crippen LogP contribution in [0, 0.1) is 0 Å². The first-order valence-electron chi connectivity index (χ1n) is 16.2. The molecule has 0 atom stereocenters. The predicted octanol–water partition coefficient (Wildman–Crippen LogP) is 5.51. The molecule has 0 radical (unpaired) electrons. The van der Waals surface area contributed by atoms with Crippen LogP contribution in [0.5, 0.6) is 5.75 Å². The van der Waals surface area contributed by atoms with Gasteiger partial charge in [0.05, 0.1) is 28.6 Å². The molecule has 47 heavy (non-hydrogen) atoms. The smallest absolute Gasteiger partial charge is 0.342 e. The summed E-state index contributed by atoms with van der Waals surface area (Å²) in [6.07, 6.45) is 11.9. The average Bonchev–Trinajstić information content (AvgIpc) is 3.83. The number of nitrogens with zero attached hydrogens (tertiary/aromatic N) is 6. The number of fused-ring (bicyclic) bond motifs is 2. The van der Waals surface area contributed by atoms with Gasteiger partial charge in [-0.05, 0) is 68.1 Å². The van der Waals surface area contributed by atoms with Gasteiger partial charge in [0, 0.05) is 37.8 Å². The van der Waals surface area contributed by atoms with E-state index in [4.69, 9.17) is 19.4 Å². The first-order chi connectivity index (χ1) is 23.0. The van der Waals surface area contributed by atoms with Crippen LogP contribution in [0.1, 0.15) is 64.5 Å². The highest BCUT2D eigenvalue weighted by Gasteiger charge is 2.21. The fraction of sp³-hybridized carbons (Fsp3) is 0.306. The second kappa shape index (κ2) is 13.5. The molecule has 1 fully saturated rings. The van der Waals surface area contributed by atoms with Gasteiger partial charge in [-0.2, -0.15) is 0 Å². The second-order valence-corrected chi connectivity index (χ2v) is 11.8. The van der Waals surface area contributed by atoms with E-state index in [1.807, 2.05) is 65.0 Å². The van der Waals surface area contributed by atoms with E-state index >= 15 is 0 Å². The molecule has 0 bridgehead atoms. The number of benzene rings is 3. The fourth-order valence-corrected chi connectivity index (χ4v) is 6.27. The number of imidazole rings is 3. The molecule has 0 saturated heterocycles. The lowest BCUT2D eigenvalue weighted by Crippen LogP contribution is -2.28. The third-order valence-electron chi connectivity index (χ3n) is 8.71. The molecule has 1 aliphatic carbocycles. The number of para-hydroxylation sites is 3. The number of carbonyl (C=O) groups is 2. The topological polar surface area (TPSA) is 118 Å². The zero-order chi connectivity index (χ0) is 32.2. The van der Waals surface area contributed by atoms with E-state index in [1.165, 1.54) is 6.42 Å². The first-order valence-corrected chi connectivity index (χ1v) is 16.2. The molecule has 1 amide bonds. The highest BCUT2D eigenvalue weighted by molar-refractivity contribution is 5.97. The quantitative estimate of drug-likeness (QED) is 0.148. The number of hydrogen-bond donors (Lipinski definition) is 1. The predicted molar refractivity (Wildman–Crippen MR) is 177 cm³/mol. The molecule has 0 aliphatic heterocycles. The average molecular weight is 632 g/mol. The SMILES string of the molecule is Cn1c(CCc2nc3ccccc3n2-n2ccnc2)nc2ccc(C(=O)NCCOc3ccccc3C(=O)OC3CCCCC3)cc21. The summed E-state index contributed by atoms with van der Waals surface area (Å²) in [5.74, 6) is 1.68. The van der Waals surface area contributed by atoms with Gasteiger partial charge in [0.1, 0.15) is 42.0 Å². The van der Waals surface area contributed by atoms with Crippen LogP contribution >= 0.6 is 0 Å². The molecular formula is C36H37N7O4. The molecule has 3 heterocycles. The van der Waals surface area contributed by atoms with Crippen molar-refractivity contribution in [2.45, 2.75) is 51.0 Å². The maximum absolute atomic E-state index is 13.1. The van der Waals surface area contributed by atoms with E-state index in [2.05, 4.69) is 15.0 Å². The standard InChI is InChI=1S/C36H37N7O4/c1-41-31-23-25(35(44)38-20-22-46-32-14-8-5-11-27(32)36(45)47-26-9-3-2-4-10-26)15-16-29(31)39-33(41)17-18-34-40-28-12-6-7-13-30(28)43(34)42-21-19-37-24-42/h5-8,11-16,19,21,23-24,26H,2-4,9-10,17-18,20,22H2,1H3,(H,38,44). The van der Waals surface area contributed by atoms with E-state index < -0.39 is 0 Å². The van der Waals surface area contributed by atoms with Crippen molar-refractivity contribution in [1.29, 1.82) is 0 Å². The number of rotatable bonds is 11. The molecule has 3 aromatic heterocycles. The zero-order valence-corrected chi connectivity index (χ0v) is 26.3. The lowest BCUT2D eigenvalue weighted by molar-refractivity contribution is 0.0207. The minimum atomic E-state index is -0.364. The van der Waals surface area contributed by atoms with Crippen LogP contribution in [0.3, 0.4) is 0 Å². The monoisotopic (exact) mass is 631 g/mol. The van der Waals surface area contributed by atoms with Gasteiger partial charge in [-0.15, -0.1) is 0 Å². The largest absolute Gasteiger partial charge is 0.491 e. The minimum Gasteiger partial charge on any atom is -0.491 e. The van der Waals surface area contributed by atoms with Crippen molar-refractivity contribution in [3.05, 3.63) is 108 Å². The third kappa shape index (κ3) is 6.46. The van der Waals surface area contributed by atoms with Crippen molar-refractivity contribution in [3.63, 3.8) is 0 Å². The van der Waals surface area contributed by atoms with E-state index in [9.17, 15) is 9.59 Å². The lowest BCUT2D eigenvalue weighted by atomic mass is 9.98. The summed E-state index contributed by atoms with van der Waals surface area (Å²) in [4.78, 5) is 39.9. The molecule has 11 heteroatoms. The molecule has 6 aromatic rings. The van der Waals surface area contributed by atoms with Gasteiger partial charge in [-0.1, -0.05) is 30.7 Å². The molecule has 240 valence electrons. The summed E-state index contributed by atoms with van der Waals surface area (Å²) >= 11 is 0. The molecule has 0 unspecified atom stereocenters. The fourth-order valence-electron chi connectivity index (χ4n) is 6.27. The Hall–Kier alpha value is -5.45. The van der Waals surface area contributed by atoms with Gasteiger partial charge in [0.2, 0.25) is 0 Å². The Labute approximate surface area is 272 Å². The van der Waals surface area contributed by atoms with E-state index in [0.717, 1.165) is 59.4 Å². The minimum absolute atomic E-state index is 0.0331. The van der Waals surface area contributed by atoms with E-state index in [0.29, 0.717) is 29.7 Å². The van der Waals surface area contributed by atoms with Crippen LogP contribution in [-0.2, 0) is 24.6 Å². The highest BCUT2D eigenvalue weighted by atomic mass is 16.5. The Morgan fingerprint density at radius 2 is 1.66 bits per heavy atom. The number of ether oxygens (including phenoxy) is 2.